The van der Waals surface area contributed by atoms with Gasteiger partial charge in [0, 0.05) is 49.6 Å². The molecule has 2 atom stereocenters. The highest BCUT2D eigenvalue weighted by Crippen LogP contribution is 2.45. The maximum absolute atomic E-state index is 13.3. The van der Waals surface area contributed by atoms with Crippen molar-refractivity contribution in [1.82, 2.24) is 10.2 Å². The molecule has 0 saturated carbocycles. The molecular weight excluding hydrogens is 379 g/mol. The number of amides is 1. The molecular formula is C19H24ClF3N3O+. The van der Waals surface area contributed by atoms with Crippen LogP contribution in [0.3, 0.4) is 0 Å². The van der Waals surface area contributed by atoms with Crippen molar-refractivity contribution in [3.05, 3.63) is 28.5 Å². The van der Waals surface area contributed by atoms with Crippen LogP contribution in [0.15, 0.2) is 12.1 Å². The quantitative estimate of drug-likeness (QED) is 0.734. The number of halogens is 4. The Hall–Kier alpha value is -1.34. The van der Waals surface area contributed by atoms with Gasteiger partial charge in [-0.25, -0.2) is 0 Å². The second kappa shape index (κ2) is 6.92. The van der Waals surface area contributed by atoms with Gasteiger partial charge in [-0.3, -0.25) is 4.79 Å². The number of fused-ring (bicyclic) bond motifs is 2. The van der Waals surface area contributed by atoms with Gasteiger partial charge in [-0.15, -0.1) is 0 Å². The molecule has 2 N–H and O–H groups in total. The first-order valence-electron chi connectivity index (χ1n) is 9.59. The highest BCUT2D eigenvalue weighted by Gasteiger charge is 2.53. The molecule has 8 heteroatoms. The van der Waals surface area contributed by atoms with Gasteiger partial charge in [-0.2, -0.15) is 18.2 Å². The van der Waals surface area contributed by atoms with E-state index in [1.165, 1.54) is 0 Å². The molecule has 0 radical (unpaired) electrons. The first-order chi connectivity index (χ1) is 12.8. The summed E-state index contributed by atoms with van der Waals surface area (Å²) in [7, 11) is 0. The number of rotatable bonds is 1. The second-order valence-corrected chi connectivity index (χ2v) is 8.44. The van der Waals surface area contributed by atoms with E-state index in [0.29, 0.717) is 18.2 Å². The summed E-state index contributed by atoms with van der Waals surface area (Å²) in [5.74, 6) is -1.54. The van der Waals surface area contributed by atoms with Gasteiger partial charge in [0.1, 0.15) is 0 Å². The Kier molecular flexibility index (Phi) is 4.87. The zero-order valence-electron chi connectivity index (χ0n) is 15.0. The van der Waals surface area contributed by atoms with Crippen LogP contribution in [0.25, 0.3) is 0 Å². The predicted molar refractivity (Wildman–Crippen MR) is 94.3 cm³/mol. The lowest BCUT2D eigenvalue weighted by atomic mass is 9.65. The fraction of sp³-hybridized carbons (Fsp3) is 0.684. The molecule has 1 spiro atoms. The van der Waals surface area contributed by atoms with Crippen LogP contribution in [0.2, 0.25) is 5.15 Å². The normalized spacial score (nSPS) is 29.2. The first kappa shape index (κ1) is 19.0. The van der Waals surface area contributed by atoms with Crippen molar-refractivity contribution in [2.45, 2.75) is 43.7 Å². The number of carbonyl (C=O) groups excluding carboxylic acids is 1. The fourth-order valence-corrected chi connectivity index (χ4v) is 5.34. The van der Waals surface area contributed by atoms with E-state index < -0.39 is 12.1 Å². The minimum Gasteiger partial charge on any atom is -0.342 e. The predicted octanol–water partition coefficient (Wildman–Crippen LogP) is 2.75. The van der Waals surface area contributed by atoms with E-state index in [1.807, 2.05) is 12.1 Å². The fourth-order valence-electron chi connectivity index (χ4n) is 5.16. The van der Waals surface area contributed by atoms with E-state index >= 15 is 0 Å². The Bertz CT molecular complexity index is 733. The summed E-state index contributed by atoms with van der Waals surface area (Å²) < 4.78 is 38.8. The van der Waals surface area contributed by atoms with Gasteiger partial charge in [-0.1, -0.05) is 0 Å². The molecule has 27 heavy (non-hydrogen) atoms. The number of piperidine rings is 1. The summed E-state index contributed by atoms with van der Waals surface area (Å²) in [6.07, 6.45) is -1.40. The lowest BCUT2D eigenvalue weighted by molar-refractivity contribution is -0.390. The summed E-state index contributed by atoms with van der Waals surface area (Å²) in [4.78, 5) is 18.2. The molecule has 1 aromatic rings. The van der Waals surface area contributed by atoms with E-state index in [0.717, 1.165) is 30.5 Å². The number of nitrogens with one attached hydrogen (secondary N) is 2. The minimum absolute atomic E-state index is 0.00234. The number of alkyl halides is 3. The lowest BCUT2D eigenvalue weighted by Crippen LogP contribution is -2.51. The number of aryl methyl sites for hydroxylation is 1. The zero-order valence-corrected chi connectivity index (χ0v) is 15.8. The number of hydrogen-bond acceptors (Lipinski definition) is 2. The molecule has 2 fully saturated rings. The van der Waals surface area contributed by atoms with Crippen LogP contribution in [0.5, 0.6) is 0 Å². The molecule has 3 aliphatic rings. The Morgan fingerprint density at radius 2 is 2.04 bits per heavy atom. The van der Waals surface area contributed by atoms with Crippen LogP contribution in [0, 0.1) is 11.8 Å². The van der Waals surface area contributed by atoms with Crippen LogP contribution in [-0.4, -0.2) is 43.2 Å². The monoisotopic (exact) mass is 402 g/mol. The van der Waals surface area contributed by atoms with Crippen molar-refractivity contribution in [3.63, 3.8) is 0 Å². The molecule has 4 nitrogen and oxygen atoms in total. The number of aromatic nitrogens is 1. The van der Waals surface area contributed by atoms with Crippen molar-refractivity contribution in [2.75, 3.05) is 26.2 Å². The molecule has 2 saturated heterocycles. The highest BCUT2D eigenvalue weighted by atomic mass is 35.5. The molecule has 0 aromatic carbocycles. The van der Waals surface area contributed by atoms with Crippen molar-refractivity contribution in [1.29, 1.82) is 0 Å². The summed E-state index contributed by atoms with van der Waals surface area (Å²) in [5.41, 5.74) is 1.91. The smallest absolute Gasteiger partial charge is 0.342 e. The molecule has 4 rings (SSSR count). The SMILES string of the molecule is O=C([C@@H]1CNC[C@]12CCCc1[nH+]c(Cl)ccc12)N1CCC(C(F)(F)F)CC1. The lowest BCUT2D eigenvalue weighted by Gasteiger charge is -2.41. The van der Waals surface area contributed by atoms with Crippen LogP contribution >= 0.6 is 11.6 Å². The van der Waals surface area contributed by atoms with Gasteiger partial charge in [-0.05, 0) is 43.4 Å². The summed E-state index contributed by atoms with van der Waals surface area (Å²) in [6, 6.07) is 3.83. The third kappa shape index (κ3) is 3.33. The maximum Gasteiger partial charge on any atom is 0.391 e. The summed E-state index contributed by atoms with van der Waals surface area (Å²) in [6.45, 7) is 1.66. The van der Waals surface area contributed by atoms with Crippen LogP contribution in [-0.2, 0) is 16.6 Å². The minimum atomic E-state index is -4.16. The average molecular weight is 403 g/mol. The number of hydrogen-bond donors (Lipinski definition) is 1. The topological polar surface area (TPSA) is 46.5 Å². The Balaban J connectivity index is 1.56. The Morgan fingerprint density at radius 3 is 2.74 bits per heavy atom. The number of likely N-dealkylation sites (tertiary alicyclic amines) is 1. The van der Waals surface area contributed by atoms with Gasteiger partial charge in [0.2, 0.25) is 5.91 Å². The largest absolute Gasteiger partial charge is 0.391 e. The summed E-state index contributed by atoms with van der Waals surface area (Å²) in [5, 5.41) is 3.94. The van der Waals surface area contributed by atoms with Crippen molar-refractivity contribution >= 4 is 17.5 Å². The molecule has 3 heterocycles. The van der Waals surface area contributed by atoms with Crippen molar-refractivity contribution < 1.29 is 22.9 Å². The number of nitrogens with zero attached hydrogens (tertiary/aromatic N) is 1. The molecule has 2 aliphatic heterocycles. The van der Waals surface area contributed by atoms with E-state index in [4.69, 9.17) is 11.6 Å². The van der Waals surface area contributed by atoms with Crippen molar-refractivity contribution in [3.8, 4) is 0 Å². The zero-order chi connectivity index (χ0) is 19.2. The first-order valence-corrected chi connectivity index (χ1v) is 9.96. The van der Waals surface area contributed by atoms with Crippen LogP contribution in [0.1, 0.15) is 36.9 Å². The second-order valence-electron chi connectivity index (χ2n) is 8.03. The van der Waals surface area contributed by atoms with Gasteiger partial charge < -0.3 is 10.2 Å². The van der Waals surface area contributed by atoms with E-state index in [9.17, 15) is 18.0 Å². The van der Waals surface area contributed by atoms with Gasteiger partial charge in [0.05, 0.1) is 11.8 Å². The standard InChI is InChI=1S/C19H23ClF3N3O/c20-16-4-3-13-15(25-16)2-1-7-18(13)11-24-10-14(18)17(27)26-8-5-12(6-9-26)19(21,22)23/h3-4,12,14,24H,1-2,5-11H2/p+1/t14-,18-/m0/s1. The maximum atomic E-state index is 13.3. The highest BCUT2D eigenvalue weighted by molar-refractivity contribution is 6.28. The molecule has 1 amide bonds. The van der Waals surface area contributed by atoms with Crippen LogP contribution in [0.4, 0.5) is 13.2 Å². The Morgan fingerprint density at radius 1 is 1.30 bits per heavy atom. The molecule has 148 valence electrons. The van der Waals surface area contributed by atoms with Gasteiger partial charge >= 0.3 is 6.18 Å². The average Bonchev–Trinajstić information content (AvgIpc) is 3.04. The molecule has 0 unspecified atom stereocenters. The van der Waals surface area contributed by atoms with Gasteiger partial charge in [0.25, 0.3) is 5.15 Å². The molecule has 0 bridgehead atoms. The van der Waals surface area contributed by atoms with E-state index in [1.54, 1.807) is 4.90 Å². The number of pyridine rings is 1. The summed E-state index contributed by atoms with van der Waals surface area (Å²) >= 11 is 6.10. The number of carbonyl (C=O) groups is 1. The van der Waals surface area contributed by atoms with Gasteiger partial charge in [0.15, 0.2) is 5.69 Å². The van der Waals surface area contributed by atoms with E-state index in [-0.39, 0.29) is 43.2 Å². The Labute approximate surface area is 161 Å². The third-order valence-corrected chi connectivity index (χ3v) is 6.82. The number of H-pyrrole nitrogens is 1. The number of aromatic amines is 1. The van der Waals surface area contributed by atoms with Crippen LogP contribution < -0.4 is 10.3 Å². The van der Waals surface area contributed by atoms with E-state index in [2.05, 4.69) is 10.3 Å². The molecule has 1 aliphatic carbocycles. The third-order valence-electron chi connectivity index (χ3n) is 6.60. The molecule has 1 aromatic heterocycles. The van der Waals surface area contributed by atoms with Crippen molar-refractivity contribution in [2.24, 2.45) is 11.8 Å².